The van der Waals surface area contributed by atoms with Crippen molar-refractivity contribution in [3.8, 4) is 5.75 Å². The summed E-state index contributed by atoms with van der Waals surface area (Å²) < 4.78 is 6.01. The van der Waals surface area contributed by atoms with Gasteiger partial charge >= 0.3 is 6.03 Å². The number of imide groups is 1. The summed E-state index contributed by atoms with van der Waals surface area (Å²) in [6, 6.07) is 18.5. The summed E-state index contributed by atoms with van der Waals surface area (Å²) in [4.78, 5) is 23.4. The zero-order valence-corrected chi connectivity index (χ0v) is 14.9. The summed E-state index contributed by atoms with van der Waals surface area (Å²) in [5.74, 6) is 0.125. The maximum atomic E-state index is 11.9. The van der Waals surface area contributed by atoms with E-state index in [1.165, 1.54) is 0 Å². The Morgan fingerprint density at radius 2 is 1.70 bits per heavy atom. The van der Waals surface area contributed by atoms with Gasteiger partial charge in [0, 0.05) is 16.1 Å². The van der Waals surface area contributed by atoms with Crippen molar-refractivity contribution in [2.75, 3.05) is 0 Å². The molecule has 1 fully saturated rings. The predicted octanol–water partition coefficient (Wildman–Crippen LogP) is 4.25. The number of carbonyl (C=O) groups is 2. The van der Waals surface area contributed by atoms with Gasteiger partial charge in [-0.15, -0.1) is 0 Å². The van der Waals surface area contributed by atoms with Crippen molar-refractivity contribution in [3.05, 3.63) is 82.5 Å². The van der Waals surface area contributed by atoms with Crippen LogP contribution in [0.15, 0.2) is 66.4 Å². The van der Waals surface area contributed by atoms with Crippen molar-refractivity contribution in [1.29, 1.82) is 0 Å². The third-order valence-corrected chi connectivity index (χ3v) is 4.65. The van der Waals surface area contributed by atoms with Gasteiger partial charge in [0.1, 0.15) is 18.1 Å². The van der Waals surface area contributed by atoms with Crippen molar-refractivity contribution >= 4 is 40.4 Å². The number of hydrogen-bond donors (Lipinski definition) is 2. The molecule has 6 heteroatoms. The molecule has 1 aliphatic heterocycles. The summed E-state index contributed by atoms with van der Waals surface area (Å²) in [7, 11) is 0. The Morgan fingerprint density at radius 1 is 0.926 bits per heavy atom. The minimum absolute atomic E-state index is 0.180. The second-order valence-corrected chi connectivity index (χ2v) is 6.45. The lowest BCUT2D eigenvalue weighted by atomic mass is 10.0. The number of urea groups is 1. The van der Waals surface area contributed by atoms with E-state index < -0.39 is 11.9 Å². The molecule has 0 bridgehead atoms. The molecule has 1 saturated heterocycles. The number of amides is 3. The van der Waals surface area contributed by atoms with Gasteiger partial charge in [-0.25, -0.2) is 4.79 Å². The molecule has 1 aliphatic rings. The van der Waals surface area contributed by atoms with Crippen LogP contribution in [0.2, 0.25) is 5.02 Å². The number of hydrogen-bond acceptors (Lipinski definition) is 3. The maximum absolute atomic E-state index is 11.9. The Kier molecular flexibility index (Phi) is 4.52. The molecule has 0 aromatic heterocycles. The molecule has 3 amide bonds. The van der Waals surface area contributed by atoms with Crippen LogP contribution < -0.4 is 15.4 Å². The lowest BCUT2D eigenvalue weighted by Gasteiger charge is -2.13. The van der Waals surface area contributed by atoms with Gasteiger partial charge in [0.05, 0.1) is 0 Å². The van der Waals surface area contributed by atoms with Crippen molar-refractivity contribution in [2.45, 2.75) is 6.61 Å². The molecule has 0 radical (unpaired) electrons. The first-order valence-electron chi connectivity index (χ1n) is 8.34. The Labute approximate surface area is 160 Å². The first-order chi connectivity index (χ1) is 13.1. The van der Waals surface area contributed by atoms with E-state index in [1.54, 1.807) is 6.08 Å². The average Bonchev–Trinajstić information content (AvgIpc) is 2.99. The second-order valence-electron chi connectivity index (χ2n) is 6.04. The summed E-state index contributed by atoms with van der Waals surface area (Å²) in [6.07, 6.45) is 1.63. The van der Waals surface area contributed by atoms with Gasteiger partial charge in [-0.3, -0.25) is 10.1 Å². The van der Waals surface area contributed by atoms with Crippen LogP contribution in [0.5, 0.6) is 5.75 Å². The van der Waals surface area contributed by atoms with Gasteiger partial charge in [0.15, 0.2) is 0 Å². The molecule has 0 spiro atoms. The molecular formula is C21H15ClN2O3. The summed E-state index contributed by atoms with van der Waals surface area (Å²) in [5, 5.41) is 7.25. The van der Waals surface area contributed by atoms with Crippen molar-refractivity contribution in [1.82, 2.24) is 10.6 Å². The molecule has 1 heterocycles. The maximum Gasteiger partial charge on any atom is 0.326 e. The standard InChI is InChI=1S/C21H15ClN2O3/c22-17-8-4-2-6-14(17)12-27-19-10-9-13-5-1-3-7-15(13)16(19)11-18-20(25)24-21(26)23-18/h1-11H,12H2,(H2,23,24,25,26). The van der Waals surface area contributed by atoms with Gasteiger partial charge in [-0.2, -0.15) is 0 Å². The van der Waals surface area contributed by atoms with Gasteiger partial charge in [-0.05, 0) is 29.0 Å². The van der Waals surface area contributed by atoms with Gasteiger partial charge in [0.25, 0.3) is 5.91 Å². The largest absolute Gasteiger partial charge is 0.488 e. The number of fused-ring (bicyclic) bond motifs is 1. The van der Waals surface area contributed by atoms with E-state index in [2.05, 4.69) is 10.6 Å². The molecule has 2 N–H and O–H groups in total. The molecule has 0 saturated carbocycles. The molecule has 4 rings (SSSR count). The Morgan fingerprint density at radius 3 is 2.48 bits per heavy atom. The summed E-state index contributed by atoms with van der Waals surface area (Å²) >= 11 is 6.21. The fourth-order valence-electron chi connectivity index (χ4n) is 2.95. The number of benzene rings is 3. The fourth-order valence-corrected chi connectivity index (χ4v) is 3.14. The minimum atomic E-state index is -0.537. The van der Waals surface area contributed by atoms with Crippen molar-refractivity contribution in [2.24, 2.45) is 0 Å². The normalized spacial score (nSPS) is 15.1. The Bertz CT molecular complexity index is 1090. The van der Waals surface area contributed by atoms with E-state index in [-0.39, 0.29) is 12.3 Å². The molecular weight excluding hydrogens is 364 g/mol. The van der Waals surface area contributed by atoms with E-state index in [0.717, 1.165) is 16.3 Å². The van der Waals surface area contributed by atoms with Gasteiger partial charge in [0.2, 0.25) is 0 Å². The highest BCUT2D eigenvalue weighted by molar-refractivity contribution is 6.31. The number of ether oxygens (including phenoxy) is 1. The number of rotatable bonds is 4. The summed E-state index contributed by atoms with van der Waals surface area (Å²) in [6.45, 7) is 0.284. The van der Waals surface area contributed by atoms with E-state index in [0.29, 0.717) is 16.3 Å². The highest BCUT2D eigenvalue weighted by atomic mass is 35.5. The third-order valence-electron chi connectivity index (χ3n) is 4.28. The second kappa shape index (κ2) is 7.13. The van der Waals surface area contributed by atoms with Crippen LogP contribution in [0.1, 0.15) is 11.1 Å². The fraction of sp³-hybridized carbons (Fsp3) is 0.0476. The van der Waals surface area contributed by atoms with Crippen molar-refractivity contribution < 1.29 is 14.3 Å². The van der Waals surface area contributed by atoms with Crippen LogP contribution in [0.25, 0.3) is 16.8 Å². The van der Waals surface area contributed by atoms with E-state index >= 15 is 0 Å². The molecule has 0 atom stereocenters. The highest BCUT2D eigenvalue weighted by Crippen LogP contribution is 2.31. The molecule has 3 aromatic rings. The Hall–Kier alpha value is -3.31. The molecule has 3 aromatic carbocycles. The van der Waals surface area contributed by atoms with E-state index in [1.807, 2.05) is 60.7 Å². The third kappa shape index (κ3) is 3.50. The first-order valence-corrected chi connectivity index (χ1v) is 8.71. The molecule has 0 unspecified atom stereocenters. The number of nitrogens with one attached hydrogen (secondary N) is 2. The van der Waals surface area contributed by atoms with Crippen LogP contribution >= 0.6 is 11.6 Å². The quantitative estimate of drug-likeness (QED) is 0.526. The zero-order chi connectivity index (χ0) is 18.8. The smallest absolute Gasteiger partial charge is 0.326 e. The number of halogens is 1. The lowest BCUT2D eigenvalue weighted by molar-refractivity contribution is -0.115. The van der Waals surface area contributed by atoms with Crippen molar-refractivity contribution in [3.63, 3.8) is 0 Å². The number of carbonyl (C=O) groups excluding carboxylic acids is 2. The summed E-state index contributed by atoms with van der Waals surface area (Å²) in [5.41, 5.74) is 1.75. The van der Waals surface area contributed by atoms with E-state index in [9.17, 15) is 9.59 Å². The van der Waals surface area contributed by atoms with E-state index in [4.69, 9.17) is 16.3 Å². The minimum Gasteiger partial charge on any atom is -0.488 e. The monoisotopic (exact) mass is 378 g/mol. The molecule has 134 valence electrons. The lowest BCUT2D eigenvalue weighted by Crippen LogP contribution is -2.22. The van der Waals surface area contributed by atoms with Gasteiger partial charge < -0.3 is 10.1 Å². The van der Waals surface area contributed by atoms with Gasteiger partial charge in [-0.1, -0.05) is 60.1 Å². The Balaban J connectivity index is 1.76. The topological polar surface area (TPSA) is 67.4 Å². The van der Waals surface area contributed by atoms with Crippen LogP contribution in [0, 0.1) is 0 Å². The van der Waals surface area contributed by atoms with Crippen LogP contribution in [0.4, 0.5) is 4.79 Å². The first kappa shape index (κ1) is 17.1. The zero-order valence-electron chi connectivity index (χ0n) is 14.2. The molecule has 5 nitrogen and oxygen atoms in total. The van der Waals surface area contributed by atoms with Crippen LogP contribution in [-0.2, 0) is 11.4 Å². The molecule has 0 aliphatic carbocycles. The SMILES string of the molecule is O=C1NC(=O)C(=Cc2c(OCc3ccccc3Cl)ccc3ccccc23)N1. The predicted molar refractivity (Wildman–Crippen MR) is 104 cm³/mol. The average molecular weight is 379 g/mol. The van der Waals surface area contributed by atoms with Crippen LogP contribution in [0.3, 0.4) is 0 Å². The highest BCUT2D eigenvalue weighted by Gasteiger charge is 2.23. The van der Waals surface area contributed by atoms with Crippen LogP contribution in [-0.4, -0.2) is 11.9 Å². The molecule has 27 heavy (non-hydrogen) atoms.